The summed E-state index contributed by atoms with van der Waals surface area (Å²) in [7, 11) is 4.68. The number of rotatable bonds is 6. The summed E-state index contributed by atoms with van der Waals surface area (Å²) in [5, 5.41) is 9.34. The number of nitrogens with zero attached hydrogens (tertiary/aromatic N) is 3. The van der Waals surface area contributed by atoms with Crippen LogP contribution in [0, 0.1) is 11.3 Å². The molecule has 0 atom stereocenters. The lowest BCUT2D eigenvalue weighted by Crippen LogP contribution is -2.36. The van der Waals surface area contributed by atoms with Gasteiger partial charge >= 0.3 is 0 Å². The first kappa shape index (κ1) is 18.6. The van der Waals surface area contributed by atoms with E-state index < -0.39 is 0 Å². The highest BCUT2D eigenvalue weighted by Crippen LogP contribution is 2.38. The standard InChI is InChI=1S/C19H21N3O5/c1-23-15-10-13(11-16(24-2)18(15)25-3)4-5-17-21-14(12-20)19(27-17)22-6-8-26-9-7-22/h4-5,10-11H,6-9H2,1-3H3. The monoisotopic (exact) mass is 371 g/mol. The van der Waals surface area contributed by atoms with Gasteiger partial charge in [-0.15, -0.1) is 0 Å². The van der Waals surface area contributed by atoms with Gasteiger partial charge in [-0.1, -0.05) is 0 Å². The van der Waals surface area contributed by atoms with E-state index in [0.29, 0.717) is 55.3 Å². The van der Waals surface area contributed by atoms with Gasteiger partial charge in [0.1, 0.15) is 6.07 Å². The lowest BCUT2D eigenvalue weighted by atomic mass is 10.1. The van der Waals surface area contributed by atoms with Gasteiger partial charge in [0.25, 0.3) is 0 Å². The maximum atomic E-state index is 9.34. The van der Waals surface area contributed by atoms with Gasteiger partial charge in [0.2, 0.25) is 23.2 Å². The van der Waals surface area contributed by atoms with Crippen LogP contribution in [-0.4, -0.2) is 52.6 Å². The molecule has 1 fully saturated rings. The van der Waals surface area contributed by atoms with Gasteiger partial charge in [0.15, 0.2) is 11.5 Å². The Kier molecular flexibility index (Phi) is 5.84. The SMILES string of the molecule is COc1cc(C=Cc2nc(C#N)c(N3CCOCC3)o2)cc(OC)c1OC. The third-order valence-electron chi connectivity index (χ3n) is 4.14. The molecule has 8 heteroatoms. The summed E-state index contributed by atoms with van der Waals surface area (Å²) >= 11 is 0. The largest absolute Gasteiger partial charge is 0.493 e. The molecule has 0 spiro atoms. The Morgan fingerprint density at radius 1 is 1.07 bits per heavy atom. The molecule has 2 heterocycles. The van der Waals surface area contributed by atoms with Crippen LogP contribution in [0.2, 0.25) is 0 Å². The molecule has 3 rings (SSSR count). The zero-order valence-corrected chi connectivity index (χ0v) is 15.5. The molecule has 0 radical (unpaired) electrons. The van der Waals surface area contributed by atoms with Crippen LogP contribution in [0.3, 0.4) is 0 Å². The van der Waals surface area contributed by atoms with Crippen molar-refractivity contribution < 1.29 is 23.4 Å². The minimum atomic E-state index is 0.265. The van der Waals surface area contributed by atoms with Crippen molar-refractivity contribution in [2.24, 2.45) is 0 Å². The lowest BCUT2D eigenvalue weighted by molar-refractivity contribution is 0.120. The van der Waals surface area contributed by atoms with Gasteiger partial charge in [-0.25, -0.2) is 0 Å². The molecule has 1 saturated heterocycles. The number of hydrogen-bond donors (Lipinski definition) is 0. The first-order valence-corrected chi connectivity index (χ1v) is 8.41. The summed E-state index contributed by atoms with van der Waals surface area (Å²) in [6.45, 7) is 2.53. The Bertz CT molecular complexity index is 838. The number of anilines is 1. The van der Waals surface area contributed by atoms with Crippen molar-refractivity contribution >= 4 is 18.0 Å². The predicted molar refractivity (Wildman–Crippen MR) is 99.3 cm³/mol. The molecule has 142 valence electrons. The average Bonchev–Trinajstić information content (AvgIpc) is 3.15. The molecular formula is C19H21N3O5. The van der Waals surface area contributed by atoms with Crippen LogP contribution in [0.15, 0.2) is 16.5 Å². The normalized spacial score (nSPS) is 14.2. The zero-order valence-electron chi connectivity index (χ0n) is 15.5. The average molecular weight is 371 g/mol. The number of nitriles is 1. The fourth-order valence-corrected chi connectivity index (χ4v) is 2.82. The molecule has 8 nitrogen and oxygen atoms in total. The maximum Gasteiger partial charge on any atom is 0.235 e. The summed E-state index contributed by atoms with van der Waals surface area (Å²) in [6.07, 6.45) is 3.51. The van der Waals surface area contributed by atoms with Gasteiger partial charge in [0, 0.05) is 19.2 Å². The Labute approximate surface area is 157 Å². The molecule has 1 aromatic heterocycles. The summed E-state index contributed by atoms with van der Waals surface area (Å²) in [4.78, 5) is 6.22. The lowest BCUT2D eigenvalue weighted by Gasteiger charge is -2.25. The van der Waals surface area contributed by atoms with Gasteiger partial charge in [-0.3, -0.25) is 0 Å². The van der Waals surface area contributed by atoms with Crippen molar-refractivity contribution in [2.75, 3.05) is 52.5 Å². The molecule has 1 aliphatic heterocycles. The number of morpholine rings is 1. The summed E-state index contributed by atoms with van der Waals surface area (Å²) in [6, 6.07) is 5.71. The van der Waals surface area contributed by atoms with Gasteiger partial charge in [-0.2, -0.15) is 10.2 Å². The maximum absolute atomic E-state index is 9.34. The third kappa shape index (κ3) is 3.99. The molecule has 0 bridgehead atoms. The highest BCUT2D eigenvalue weighted by molar-refractivity contribution is 5.71. The van der Waals surface area contributed by atoms with Crippen LogP contribution in [0.1, 0.15) is 17.1 Å². The topological polar surface area (TPSA) is 90.0 Å². The van der Waals surface area contributed by atoms with Crippen LogP contribution in [0.25, 0.3) is 12.2 Å². The van der Waals surface area contributed by atoms with Crippen LogP contribution in [0.5, 0.6) is 17.2 Å². The predicted octanol–water partition coefficient (Wildman–Crippen LogP) is 2.58. The second-order valence-corrected chi connectivity index (χ2v) is 5.71. The van der Waals surface area contributed by atoms with Crippen molar-refractivity contribution in [3.8, 4) is 23.3 Å². The Morgan fingerprint density at radius 2 is 1.74 bits per heavy atom. The highest BCUT2D eigenvalue weighted by Gasteiger charge is 2.21. The van der Waals surface area contributed by atoms with E-state index in [1.54, 1.807) is 33.5 Å². The van der Waals surface area contributed by atoms with E-state index in [4.69, 9.17) is 23.4 Å². The first-order chi connectivity index (χ1) is 13.2. The van der Waals surface area contributed by atoms with Crippen LogP contribution >= 0.6 is 0 Å². The Morgan fingerprint density at radius 3 is 2.30 bits per heavy atom. The first-order valence-electron chi connectivity index (χ1n) is 8.41. The van der Waals surface area contributed by atoms with Crippen molar-refractivity contribution in [1.82, 2.24) is 4.98 Å². The second-order valence-electron chi connectivity index (χ2n) is 5.71. The number of oxazole rings is 1. The number of aromatic nitrogens is 1. The molecule has 2 aromatic rings. The van der Waals surface area contributed by atoms with Crippen molar-refractivity contribution in [1.29, 1.82) is 5.26 Å². The van der Waals surface area contributed by atoms with Crippen molar-refractivity contribution in [3.05, 3.63) is 29.3 Å². The fourth-order valence-electron chi connectivity index (χ4n) is 2.82. The van der Waals surface area contributed by atoms with Gasteiger partial charge in [-0.05, 0) is 23.8 Å². The molecule has 0 amide bonds. The van der Waals surface area contributed by atoms with E-state index >= 15 is 0 Å². The summed E-state index contributed by atoms with van der Waals surface area (Å²) in [5.41, 5.74) is 1.08. The van der Waals surface area contributed by atoms with Crippen molar-refractivity contribution in [3.63, 3.8) is 0 Å². The molecule has 1 aromatic carbocycles. The van der Waals surface area contributed by atoms with Crippen LogP contribution in [0.4, 0.5) is 5.88 Å². The van der Waals surface area contributed by atoms with Gasteiger partial charge < -0.3 is 28.3 Å². The smallest absolute Gasteiger partial charge is 0.235 e. The van der Waals surface area contributed by atoms with E-state index in [9.17, 15) is 5.26 Å². The molecule has 0 N–H and O–H groups in total. The van der Waals surface area contributed by atoms with E-state index in [0.717, 1.165) is 5.56 Å². The van der Waals surface area contributed by atoms with E-state index in [-0.39, 0.29) is 5.69 Å². The number of hydrogen-bond acceptors (Lipinski definition) is 8. The minimum Gasteiger partial charge on any atom is -0.493 e. The zero-order chi connectivity index (χ0) is 19.2. The third-order valence-corrected chi connectivity index (χ3v) is 4.14. The molecule has 0 unspecified atom stereocenters. The van der Waals surface area contributed by atoms with Crippen LogP contribution < -0.4 is 19.1 Å². The summed E-state index contributed by atoms with van der Waals surface area (Å²) in [5.74, 6) is 2.45. The minimum absolute atomic E-state index is 0.265. The summed E-state index contributed by atoms with van der Waals surface area (Å²) < 4.78 is 27.1. The Hall–Kier alpha value is -3.18. The second kappa shape index (κ2) is 8.47. The van der Waals surface area contributed by atoms with E-state index in [1.165, 1.54) is 0 Å². The van der Waals surface area contributed by atoms with Gasteiger partial charge in [0.05, 0.1) is 34.5 Å². The highest BCUT2D eigenvalue weighted by atomic mass is 16.5. The number of methoxy groups -OCH3 is 3. The Balaban J connectivity index is 1.88. The number of benzene rings is 1. The van der Waals surface area contributed by atoms with Crippen LogP contribution in [-0.2, 0) is 4.74 Å². The van der Waals surface area contributed by atoms with E-state index in [1.807, 2.05) is 17.0 Å². The molecule has 1 aliphatic rings. The molecule has 27 heavy (non-hydrogen) atoms. The number of ether oxygens (including phenoxy) is 4. The van der Waals surface area contributed by atoms with Crippen molar-refractivity contribution in [2.45, 2.75) is 0 Å². The van der Waals surface area contributed by atoms with E-state index in [2.05, 4.69) is 11.1 Å². The fraction of sp³-hybridized carbons (Fsp3) is 0.368. The molecular weight excluding hydrogens is 350 g/mol. The quantitative estimate of drug-likeness (QED) is 0.765. The molecule has 0 aliphatic carbocycles. The molecule has 0 saturated carbocycles.